The molecule has 0 heterocycles. The monoisotopic (exact) mass is 247 g/mol. The molecule has 1 aromatic carbocycles. The molecule has 1 aromatic rings. The van der Waals surface area contributed by atoms with Crippen molar-refractivity contribution in [2.45, 2.75) is 31.7 Å². The fourth-order valence-corrected chi connectivity index (χ4v) is 2.64. The fourth-order valence-electron chi connectivity index (χ4n) is 1.12. The Balaban J connectivity index is 3.11. The molecule has 3 nitrogen and oxygen atoms in total. The van der Waals surface area contributed by atoms with Gasteiger partial charge in [-0.2, -0.15) is 0 Å². The number of hydrogen-bond acceptors (Lipinski definition) is 2. The van der Waals surface area contributed by atoms with Crippen molar-refractivity contribution < 1.29 is 8.42 Å². The van der Waals surface area contributed by atoms with Crippen LogP contribution in [0.15, 0.2) is 23.1 Å². The van der Waals surface area contributed by atoms with Gasteiger partial charge < -0.3 is 0 Å². The smallest absolute Gasteiger partial charge is 0.209 e. The molecule has 1 rings (SSSR count). The lowest BCUT2D eigenvalue weighted by atomic mass is 10.2. The van der Waals surface area contributed by atoms with Gasteiger partial charge >= 0.3 is 0 Å². The molecule has 0 fully saturated rings. The van der Waals surface area contributed by atoms with Crippen LogP contribution in [0.25, 0.3) is 0 Å². The van der Waals surface area contributed by atoms with Crippen molar-refractivity contribution >= 4 is 21.6 Å². The largest absolute Gasteiger partial charge is 0.240 e. The predicted molar refractivity (Wildman–Crippen MR) is 61.6 cm³/mol. The van der Waals surface area contributed by atoms with E-state index >= 15 is 0 Å². The maximum atomic E-state index is 11.7. The van der Waals surface area contributed by atoms with Gasteiger partial charge in [0.25, 0.3) is 0 Å². The summed E-state index contributed by atoms with van der Waals surface area (Å²) in [5, 5.41) is 0.460. The second-order valence-corrected chi connectivity index (χ2v) is 5.81. The SMILES string of the molecule is Cc1ccc(S(=O)(=O)NC(C)C)cc1Cl. The average molecular weight is 248 g/mol. The summed E-state index contributed by atoms with van der Waals surface area (Å²) in [5.74, 6) is 0. The van der Waals surface area contributed by atoms with Gasteiger partial charge in [0, 0.05) is 11.1 Å². The molecule has 0 bridgehead atoms. The molecule has 0 amide bonds. The Morgan fingerprint density at radius 3 is 2.40 bits per heavy atom. The molecule has 0 aliphatic heterocycles. The minimum Gasteiger partial charge on any atom is -0.209 e. The first-order chi connectivity index (χ1) is 6.83. The first-order valence-corrected chi connectivity index (χ1v) is 6.47. The Bertz CT molecular complexity index is 454. The predicted octanol–water partition coefficient (Wildman–Crippen LogP) is 2.34. The third-order valence-electron chi connectivity index (χ3n) is 1.84. The number of halogens is 1. The van der Waals surface area contributed by atoms with Crippen LogP contribution in [0.3, 0.4) is 0 Å². The molecule has 0 aromatic heterocycles. The summed E-state index contributed by atoms with van der Waals surface area (Å²) < 4.78 is 26.0. The number of hydrogen-bond donors (Lipinski definition) is 1. The molecule has 0 aliphatic rings. The third kappa shape index (κ3) is 3.19. The van der Waals surface area contributed by atoms with Gasteiger partial charge in [-0.25, -0.2) is 13.1 Å². The molecule has 0 aliphatic carbocycles. The highest BCUT2D eigenvalue weighted by atomic mass is 35.5. The second-order valence-electron chi connectivity index (χ2n) is 3.69. The summed E-state index contributed by atoms with van der Waals surface area (Å²) in [6, 6.07) is 4.57. The van der Waals surface area contributed by atoms with E-state index in [-0.39, 0.29) is 10.9 Å². The first-order valence-electron chi connectivity index (χ1n) is 4.61. The van der Waals surface area contributed by atoms with Crippen molar-refractivity contribution in [3.8, 4) is 0 Å². The molecule has 0 saturated carbocycles. The highest BCUT2D eigenvalue weighted by Gasteiger charge is 2.15. The van der Waals surface area contributed by atoms with Crippen LogP contribution in [-0.2, 0) is 10.0 Å². The maximum Gasteiger partial charge on any atom is 0.240 e. The number of rotatable bonds is 3. The van der Waals surface area contributed by atoms with Gasteiger partial charge in [-0.15, -0.1) is 0 Å². The van der Waals surface area contributed by atoms with E-state index in [0.717, 1.165) is 5.56 Å². The van der Waals surface area contributed by atoms with Crippen molar-refractivity contribution in [1.82, 2.24) is 4.72 Å². The van der Waals surface area contributed by atoms with Gasteiger partial charge in [0.15, 0.2) is 0 Å². The van der Waals surface area contributed by atoms with Gasteiger partial charge in [0.05, 0.1) is 4.90 Å². The van der Waals surface area contributed by atoms with Crippen molar-refractivity contribution in [1.29, 1.82) is 0 Å². The second kappa shape index (κ2) is 4.51. The van der Waals surface area contributed by atoms with E-state index in [4.69, 9.17) is 11.6 Å². The van der Waals surface area contributed by atoms with Crippen LogP contribution in [0, 0.1) is 6.92 Å². The van der Waals surface area contributed by atoms with Crippen LogP contribution in [-0.4, -0.2) is 14.5 Å². The van der Waals surface area contributed by atoms with Gasteiger partial charge in [0.1, 0.15) is 0 Å². The molecule has 5 heteroatoms. The zero-order chi connectivity index (χ0) is 11.6. The lowest BCUT2D eigenvalue weighted by Gasteiger charge is -2.10. The standard InChI is InChI=1S/C10H14ClNO2S/c1-7(2)12-15(13,14)9-5-4-8(3)10(11)6-9/h4-7,12H,1-3H3. The summed E-state index contributed by atoms with van der Waals surface area (Å²) in [6.07, 6.45) is 0. The number of benzene rings is 1. The first kappa shape index (κ1) is 12.5. The fraction of sp³-hybridized carbons (Fsp3) is 0.400. The average Bonchev–Trinajstić information content (AvgIpc) is 2.07. The van der Waals surface area contributed by atoms with E-state index in [1.807, 2.05) is 6.92 Å². The number of aryl methyl sites for hydroxylation is 1. The van der Waals surface area contributed by atoms with Crippen LogP contribution >= 0.6 is 11.6 Å². The van der Waals surface area contributed by atoms with Gasteiger partial charge in [0.2, 0.25) is 10.0 Å². The van der Waals surface area contributed by atoms with Crippen LogP contribution in [0.4, 0.5) is 0 Å². The molecular weight excluding hydrogens is 234 g/mol. The van der Waals surface area contributed by atoms with Crippen LogP contribution < -0.4 is 4.72 Å². The van der Waals surface area contributed by atoms with Crippen LogP contribution in [0.1, 0.15) is 19.4 Å². The van der Waals surface area contributed by atoms with Gasteiger partial charge in [-0.3, -0.25) is 0 Å². The molecule has 84 valence electrons. The lowest BCUT2D eigenvalue weighted by Crippen LogP contribution is -2.30. The Hall–Kier alpha value is -0.580. The number of sulfonamides is 1. The normalized spacial score (nSPS) is 12.1. The summed E-state index contributed by atoms with van der Waals surface area (Å²) in [4.78, 5) is 0.201. The van der Waals surface area contributed by atoms with Crippen molar-refractivity contribution in [2.24, 2.45) is 0 Å². The molecule has 0 atom stereocenters. The van der Waals surface area contributed by atoms with E-state index < -0.39 is 10.0 Å². The summed E-state index contributed by atoms with van der Waals surface area (Å²) >= 11 is 5.86. The van der Waals surface area contributed by atoms with Crippen molar-refractivity contribution in [3.63, 3.8) is 0 Å². The zero-order valence-electron chi connectivity index (χ0n) is 8.91. The summed E-state index contributed by atoms with van der Waals surface area (Å²) in [6.45, 7) is 5.37. The van der Waals surface area contributed by atoms with Gasteiger partial charge in [-0.1, -0.05) is 17.7 Å². The Morgan fingerprint density at radius 1 is 1.33 bits per heavy atom. The molecule has 1 N–H and O–H groups in total. The van der Waals surface area contributed by atoms with E-state index in [2.05, 4.69) is 4.72 Å². The van der Waals surface area contributed by atoms with E-state index in [0.29, 0.717) is 5.02 Å². The Kier molecular flexibility index (Phi) is 3.76. The number of nitrogens with one attached hydrogen (secondary N) is 1. The minimum atomic E-state index is -3.43. The van der Waals surface area contributed by atoms with E-state index in [1.165, 1.54) is 6.07 Å². The van der Waals surface area contributed by atoms with Crippen molar-refractivity contribution in [2.75, 3.05) is 0 Å². The molecule has 15 heavy (non-hydrogen) atoms. The zero-order valence-corrected chi connectivity index (χ0v) is 10.5. The van der Waals surface area contributed by atoms with E-state index in [9.17, 15) is 8.42 Å². The molecule has 0 saturated heterocycles. The molecule has 0 unspecified atom stereocenters. The summed E-state index contributed by atoms with van der Waals surface area (Å²) in [7, 11) is -3.43. The van der Waals surface area contributed by atoms with Crippen LogP contribution in [0.5, 0.6) is 0 Å². The highest BCUT2D eigenvalue weighted by Crippen LogP contribution is 2.19. The van der Waals surface area contributed by atoms with Crippen LogP contribution in [0.2, 0.25) is 5.02 Å². The third-order valence-corrected chi connectivity index (χ3v) is 3.91. The summed E-state index contributed by atoms with van der Waals surface area (Å²) in [5.41, 5.74) is 0.861. The quantitative estimate of drug-likeness (QED) is 0.891. The highest BCUT2D eigenvalue weighted by molar-refractivity contribution is 7.89. The van der Waals surface area contributed by atoms with E-state index in [1.54, 1.807) is 26.0 Å². The molecular formula is C10H14ClNO2S. The maximum absolute atomic E-state index is 11.7. The lowest BCUT2D eigenvalue weighted by molar-refractivity contribution is 0.570. The molecule has 0 radical (unpaired) electrons. The molecule has 0 spiro atoms. The van der Waals surface area contributed by atoms with Gasteiger partial charge in [-0.05, 0) is 38.5 Å². The van der Waals surface area contributed by atoms with Crippen molar-refractivity contribution in [3.05, 3.63) is 28.8 Å². The minimum absolute atomic E-state index is 0.130. The topological polar surface area (TPSA) is 46.2 Å². The Morgan fingerprint density at radius 2 is 1.93 bits per heavy atom. The Labute approximate surface area is 95.5 Å².